The molecule has 0 aliphatic rings. The van der Waals surface area contributed by atoms with E-state index < -0.39 is 0 Å². The number of H-pyrrole nitrogens is 1. The zero-order valence-corrected chi connectivity index (χ0v) is 12.5. The molecule has 94 valence electrons. The number of nitrogens with zero attached hydrogens (tertiary/aromatic N) is 3. The van der Waals surface area contributed by atoms with E-state index in [1.165, 1.54) is 6.33 Å². The minimum absolute atomic E-state index is 0.535. The summed E-state index contributed by atoms with van der Waals surface area (Å²) in [5.41, 5.74) is 1.80. The van der Waals surface area contributed by atoms with Gasteiger partial charge in [-0.3, -0.25) is 0 Å². The Hall–Kier alpha value is -1.14. The molecule has 0 aliphatic heterocycles. The molecule has 4 nitrogen and oxygen atoms in total. The van der Waals surface area contributed by atoms with Crippen LogP contribution in [0.3, 0.4) is 0 Å². The smallest absolute Gasteiger partial charge is 0.158 e. The van der Waals surface area contributed by atoms with Crippen molar-refractivity contribution < 1.29 is 0 Å². The Kier molecular flexibility index (Phi) is 4.19. The van der Waals surface area contributed by atoms with E-state index in [0.717, 1.165) is 22.3 Å². The molecule has 0 aromatic carbocycles. The highest BCUT2D eigenvalue weighted by Gasteiger charge is 2.10. The SMILES string of the molecule is CC(C)Cc1[nH]c(-c2ccncn2)nc(=S)c1Br. The summed E-state index contributed by atoms with van der Waals surface area (Å²) >= 11 is 8.74. The number of aromatic nitrogens is 4. The molecule has 6 heteroatoms. The van der Waals surface area contributed by atoms with Crippen molar-refractivity contribution in [2.24, 2.45) is 5.92 Å². The van der Waals surface area contributed by atoms with E-state index >= 15 is 0 Å². The lowest BCUT2D eigenvalue weighted by Gasteiger charge is -2.10. The number of nitrogens with one attached hydrogen (secondary N) is 1. The highest BCUT2D eigenvalue weighted by molar-refractivity contribution is 9.10. The van der Waals surface area contributed by atoms with Gasteiger partial charge >= 0.3 is 0 Å². The van der Waals surface area contributed by atoms with Crippen molar-refractivity contribution in [3.8, 4) is 11.5 Å². The molecule has 0 bridgehead atoms. The monoisotopic (exact) mass is 324 g/mol. The lowest BCUT2D eigenvalue weighted by molar-refractivity contribution is 0.632. The van der Waals surface area contributed by atoms with Gasteiger partial charge in [-0.15, -0.1) is 0 Å². The molecule has 0 saturated heterocycles. The molecule has 2 aromatic heterocycles. The van der Waals surface area contributed by atoms with Gasteiger partial charge in [0.1, 0.15) is 16.7 Å². The van der Waals surface area contributed by atoms with Crippen LogP contribution >= 0.6 is 28.1 Å². The van der Waals surface area contributed by atoms with Crippen LogP contribution in [0, 0.1) is 10.6 Å². The topological polar surface area (TPSA) is 54.5 Å². The molecule has 0 saturated carbocycles. The second kappa shape index (κ2) is 5.67. The zero-order valence-electron chi connectivity index (χ0n) is 10.1. The second-order valence-electron chi connectivity index (χ2n) is 4.38. The van der Waals surface area contributed by atoms with Crippen LogP contribution < -0.4 is 0 Å². The first-order valence-electron chi connectivity index (χ1n) is 5.63. The molecule has 0 atom stereocenters. The Balaban J connectivity index is 2.51. The lowest BCUT2D eigenvalue weighted by atomic mass is 10.1. The maximum atomic E-state index is 5.26. The average molecular weight is 325 g/mol. The van der Waals surface area contributed by atoms with Crippen molar-refractivity contribution in [1.82, 2.24) is 19.9 Å². The third-order valence-electron chi connectivity index (χ3n) is 2.37. The van der Waals surface area contributed by atoms with E-state index in [4.69, 9.17) is 12.2 Å². The molecule has 0 spiro atoms. The molecule has 1 N–H and O–H groups in total. The summed E-state index contributed by atoms with van der Waals surface area (Å²) in [4.78, 5) is 15.7. The van der Waals surface area contributed by atoms with E-state index in [9.17, 15) is 0 Å². The summed E-state index contributed by atoms with van der Waals surface area (Å²) in [6.45, 7) is 4.32. The summed E-state index contributed by atoms with van der Waals surface area (Å²) in [6, 6.07) is 1.81. The first-order valence-corrected chi connectivity index (χ1v) is 6.83. The largest absolute Gasteiger partial charge is 0.341 e. The van der Waals surface area contributed by atoms with Crippen LogP contribution in [0.4, 0.5) is 0 Å². The molecule has 2 heterocycles. The Labute approximate surface area is 119 Å². The zero-order chi connectivity index (χ0) is 13.1. The van der Waals surface area contributed by atoms with Gasteiger partial charge in [0.15, 0.2) is 5.82 Å². The normalized spacial score (nSPS) is 10.9. The van der Waals surface area contributed by atoms with Crippen molar-refractivity contribution in [2.45, 2.75) is 20.3 Å². The van der Waals surface area contributed by atoms with Gasteiger partial charge in [-0.05, 0) is 34.3 Å². The lowest BCUT2D eigenvalue weighted by Crippen LogP contribution is -2.03. The Morgan fingerprint density at radius 3 is 2.83 bits per heavy atom. The second-order valence-corrected chi connectivity index (χ2v) is 5.56. The van der Waals surface area contributed by atoms with Crippen molar-refractivity contribution in [3.63, 3.8) is 0 Å². The minimum atomic E-state index is 0.535. The quantitative estimate of drug-likeness (QED) is 0.877. The van der Waals surface area contributed by atoms with Gasteiger partial charge in [-0.25, -0.2) is 15.0 Å². The van der Waals surface area contributed by atoms with Crippen LogP contribution in [-0.4, -0.2) is 19.9 Å². The Morgan fingerprint density at radius 2 is 2.22 bits per heavy atom. The third kappa shape index (κ3) is 3.00. The fourth-order valence-corrected chi connectivity index (χ4v) is 2.17. The Bertz CT molecular complexity index is 595. The summed E-state index contributed by atoms with van der Waals surface area (Å²) in [5.74, 6) is 1.22. The highest BCUT2D eigenvalue weighted by Crippen LogP contribution is 2.22. The van der Waals surface area contributed by atoms with Gasteiger partial charge in [0.05, 0.1) is 4.47 Å². The van der Waals surface area contributed by atoms with Crippen LogP contribution in [-0.2, 0) is 6.42 Å². The number of halogens is 1. The van der Waals surface area contributed by atoms with Crippen LogP contribution in [0.25, 0.3) is 11.5 Å². The predicted octanol–water partition coefficient (Wildman–Crippen LogP) is 3.56. The van der Waals surface area contributed by atoms with E-state index in [2.05, 4.69) is 49.7 Å². The summed E-state index contributed by atoms with van der Waals surface area (Å²) in [7, 11) is 0. The van der Waals surface area contributed by atoms with E-state index in [1.54, 1.807) is 12.3 Å². The first-order chi connectivity index (χ1) is 8.58. The third-order valence-corrected chi connectivity index (χ3v) is 3.78. The molecule has 2 rings (SSSR count). The molecule has 18 heavy (non-hydrogen) atoms. The number of hydrogen-bond donors (Lipinski definition) is 1. The molecule has 0 aliphatic carbocycles. The molecule has 0 radical (unpaired) electrons. The van der Waals surface area contributed by atoms with E-state index in [0.29, 0.717) is 16.4 Å². The number of rotatable bonds is 3. The standard InChI is InChI=1S/C12H13BrN4S/c1-7(2)5-9-10(13)12(18)17-11(16-9)8-3-4-14-6-15-8/h3-4,6-7H,5H2,1-2H3,(H,16,17,18). The van der Waals surface area contributed by atoms with E-state index in [-0.39, 0.29) is 0 Å². The first kappa shape index (κ1) is 13.3. The summed E-state index contributed by atoms with van der Waals surface area (Å²) < 4.78 is 1.42. The van der Waals surface area contributed by atoms with Gasteiger partial charge in [-0.2, -0.15) is 0 Å². The van der Waals surface area contributed by atoms with Gasteiger partial charge in [-0.1, -0.05) is 26.1 Å². The van der Waals surface area contributed by atoms with Crippen LogP contribution in [0.15, 0.2) is 23.1 Å². The maximum Gasteiger partial charge on any atom is 0.158 e. The van der Waals surface area contributed by atoms with Crippen molar-refractivity contribution >= 4 is 28.1 Å². The van der Waals surface area contributed by atoms with Crippen molar-refractivity contribution in [3.05, 3.63) is 33.4 Å². The maximum absolute atomic E-state index is 5.26. The fraction of sp³-hybridized carbons (Fsp3) is 0.333. The molecule has 2 aromatic rings. The molecule has 0 fully saturated rings. The van der Waals surface area contributed by atoms with Crippen LogP contribution in [0.1, 0.15) is 19.5 Å². The summed E-state index contributed by atoms with van der Waals surface area (Å²) in [6.07, 6.45) is 4.09. The van der Waals surface area contributed by atoms with Crippen molar-refractivity contribution in [2.75, 3.05) is 0 Å². The molecule has 0 amide bonds. The van der Waals surface area contributed by atoms with Crippen LogP contribution in [0.5, 0.6) is 0 Å². The summed E-state index contributed by atoms with van der Waals surface area (Å²) in [5, 5.41) is 0. The van der Waals surface area contributed by atoms with Gasteiger partial charge in [0.25, 0.3) is 0 Å². The molecule has 0 unspecified atom stereocenters. The number of hydrogen-bond acceptors (Lipinski definition) is 4. The van der Waals surface area contributed by atoms with Gasteiger partial charge in [0, 0.05) is 11.9 Å². The van der Waals surface area contributed by atoms with Crippen LogP contribution in [0.2, 0.25) is 0 Å². The predicted molar refractivity (Wildman–Crippen MR) is 76.7 cm³/mol. The van der Waals surface area contributed by atoms with E-state index in [1.807, 2.05) is 0 Å². The van der Waals surface area contributed by atoms with Gasteiger partial charge in [0.2, 0.25) is 0 Å². The molecular formula is C12H13BrN4S. The average Bonchev–Trinajstić information content (AvgIpc) is 2.35. The van der Waals surface area contributed by atoms with Gasteiger partial charge < -0.3 is 4.98 Å². The Morgan fingerprint density at radius 1 is 1.44 bits per heavy atom. The van der Waals surface area contributed by atoms with Crippen molar-refractivity contribution in [1.29, 1.82) is 0 Å². The highest BCUT2D eigenvalue weighted by atomic mass is 79.9. The fourth-order valence-electron chi connectivity index (χ4n) is 1.61. The molecular weight excluding hydrogens is 312 g/mol. The minimum Gasteiger partial charge on any atom is -0.341 e. The number of aromatic amines is 1.